The van der Waals surface area contributed by atoms with Gasteiger partial charge in [-0.25, -0.2) is 9.37 Å². The molecule has 36 heavy (non-hydrogen) atoms. The number of carbonyl (C=O) groups is 1. The first-order chi connectivity index (χ1) is 17.3. The third-order valence-corrected chi connectivity index (χ3v) is 6.70. The Kier molecular flexibility index (Phi) is 8.32. The summed E-state index contributed by atoms with van der Waals surface area (Å²) in [6.07, 6.45) is 2.06. The fraction of sp³-hybridized carbons (Fsp3) is 0.120. The number of fused-ring (bicyclic) bond motifs is 1. The highest BCUT2D eigenvalue weighted by molar-refractivity contribution is 9.11. The molecular weight excluding hydrogens is 663 g/mol. The second-order valence-electron chi connectivity index (χ2n) is 7.53. The lowest BCUT2D eigenvalue weighted by molar-refractivity contribution is -0.118. The molecule has 1 amide bonds. The van der Waals surface area contributed by atoms with Gasteiger partial charge >= 0.3 is 0 Å². The van der Waals surface area contributed by atoms with Crippen LogP contribution in [0.1, 0.15) is 18.3 Å². The number of ether oxygens (including phenoxy) is 1. The van der Waals surface area contributed by atoms with Crippen LogP contribution >= 0.6 is 47.8 Å². The Bertz CT molecular complexity index is 1530. The first-order valence-corrected chi connectivity index (χ1v) is 13.1. The number of nitrogens with one attached hydrogen (secondary N) is 1. The zero-order valence-corrected chi connectivity index (χ0v) is 23.5. The second kappa shape index (κ2) is 11.4. The van der Waals surface area contributed by atoms with Crippen molar-refractivity contribution in [3.05, 3.63) is 95.6 Å². The molecule has 7 nitrogen and oxygen atoms in total. The molecule has 3 aromatic carbocycles. The highest BCUT2D eigenvalue weighted by Crippen LogP contribution is 2.34. The van der Waals surface area contributed by atoms with E-state index in [-0.39, 0.29) is 17.9 Å². The van der Waals surface area contributed by atoms with Crippen LogP contribution in [0.15, 0.2) is 77.9 Å². The predicted molar refractivity (Wildman–Crippen MR) is 148 cm³/mol. The van der Waals surface area contributed by atoms with Crippen LogP contribution in [-0.4, -0.2) is 28.4 Å². The third kappa shape index (κ3) is 5.91. The van der Waals surface area contributed by atoms with Crippen LogP contribution in [-0.2, 0) is 11.2 Å². The van der Waals surface area contributed by atoms with Crippen molar-refractivity contribution in [1.29, 1.82) is 0 Å². The quantitative estimate of drug-likeness (QED) is 0.233. The van der Waals surface area contributed by atoms with E-state index in [0.717, 1.165) is 4.47 Å². The van der Waals surface area contributed by atoms with E-state index in [2.05, 4.69) is 63.2 Å². The number of anilines is 1. The molecule has 0 bridgehead atoms. The van der Waals surface area contributed by atoms with Crippen molar-refractivity contribution < 1.29 is 13.9 Å². The van der Waals surface area contributed by atoms with E-state index < -0.39 is 11.7 Å². The van der Waals surface area contributed by atoms with Crippen LogP contribution in [0.25, 0.3) is 10.9 Å². The fourth-order valence-electron chi connectivity index (χ4n) is 3.35. The van der Waals surface area contributed by atoms with Crippen molar-refractivity contribution in [2.75, 3.05) is 11.9 Å². The lowest BCUT2D eigenvalue weighted by atomic mass is 10.2. The molecule has 1 heterocycles. The number of benzene rings is 3. The van der Waals surface area contributed by atoms with Crippen LogP contribution < -0.4 is 15.6 Å². The molecule has 0 atom stereocenters. The summed E-state index contributed by atoms with van der Waals surface area (Å²) < 4.78 is 22.5. The summed E-state index contributed by atoms with van der Waals surface area (Å²) in [5, 5.41) is 7.31. The molecule has 1 aromatic heterocycles. The van der Waals surface area contributed by atoms with Gasteiger partial charge in [-0.1, -0.05) is 35.0 Å². The molecule has 4 rings (SSSR count). The van der Waals surface area contributed by atoms with Gasteiger partial charge in [0.2, 0.25) is 0 Å². The van der Waals surface area contributed by atoms with Gasteiger partial charge in [0.05, 0.1) is 31.8 Å². The second-order valence-corrected chi connectivity index (χ2v) is 10.2. The van der Waals surface area contributed by atoms with E-state index in [0.29, 0.717) is 43.4 Å². The van der Waals surface area contributed by atoms with Gasteiger partial charge in [0.15, 0.2) is 6.61 Å². The third-order valence-electron chi connectivity index (χ3n) is 5.03. The van der Waals surface area contributed by atoms with Crippen molar-refractivity contribution in [2.45, 2.75) is 13.3 Å². The molecule has 0 saturated carbocycles. The summed E-state index contributed by atoms with van der Waals surface area (Å²) in [5.41, 5.74) is 1.08. The summed E-state index contributed by atoms with van der Waals surface area (Å²) in [7, 11) is 0. The topological polar surface area (TPSA) is 85.6 Å². The molecule has 1 N–H and O–H groups in total. The number of nitrogens with zero attached hydrogens (tertiary/aromatic N) is 3. The van der Waals surface area contributed by atoms with Crippen LogP contribution in [0, 0.1) is 5.82 Å². The van der Waals surface area contributed by atoms with Crippen LogP contribution in [0.3, 0.4) is 0 Å². The minimum Gasteiger partial charge on any atom is -0.481 e. The van der Waals surface area contributed by atoms with Crippen LogP contribution in [0.2, 0.25) is 0 Å². The maximum atomic E-state index is 13.7. The molecule has 184 valence electrons. The van der Waals surface area contributed by atoms with Gasteiger partial charge in [-0.3, -0.25) is 9.59 Å². The number of hydrogen-bond acceptors (Lipinski definition) is 5. The Balaban J connectivity index is 1.54. The lowest BCUT2D eigenvalue weighted by Gasteiger charge is -2.12. The number of aryl methyl sites for hydroxylation is 1. The number of rotatable bonds is 7. The van der Waals surface area contributed by atoms with E-state index in [1.807, 2.05) is 13.0 Å². The lowest BCUT2D eigenvalue weighted by Crippen LogP contribution is -2.22. The molecule has 4 aromatic rings. The molecule has 0 aliphatic carbocycles. The monoisotopic (exact) mass is 678 g/mol. The fourth-order valence-corrected chi connectivity index (χ4v) is 5.16. The highest BCUT2D eigenvalue weighted by Gasteiger charge is 2.13. The minimum atomic E-state index is -0.531. The summed E-state index contributed by atoms with van der Waals surface area (Å²) >= 11 is 10.3. The van der Waals surface area contributed by atoms with Gasteiger partial charge in [-0.15, -0.1) is 0 Å². The Hall–Kier alpha value is -2.89. The molecule has 0 fully saturated rings. The molecule has 0 aliphatic rings. The SMILES string of the molecule is CCc1nc2ccc(Br)cc2c(=O)n1N=Cc1cc(Br)c(OCC(=O)Nc2ccccc2F)c(Br)c1. The van der Waals surface area contributed by atoms with Crippen LogP contribution in [0.4, 0.5) is 10.1 Å². The molecule has 0 saturated heterocycles. The summed E-state index contributed by atoms with van der Waals surface area (Å²) in [6.45, 7) is 1.58. The standard InChI is InChI=1S/C25H18Br3FN4O3/c1-2-22-31-20-8-7-15(26)11-16(20)25(35)33(22)30-12-14-9-17(27)24(18(28)10-14)36-13-23(34)32-21-6-4-3-5-19(21)29/h3-12H,2,13H2,1H3,(H,32,34). The van der Waals surface area contributed by atoms with E-state index in [4.69, 9.17) is 4.74 Å². The zero-order chi connectivity index (χ0) is 25.8. The van der Waals surface area contributed by atoms with E-state index in [1.54, 1.807) is 30.3 Å². The Morgan fingerprint density at radius 1 is 1.14 bits per heavy atom. The van der Waals surface area contributed by atoms with Gasteiger partial charge in [0.25, 0.3) is 11.5 Å². The summed E-state index contributed by atoms with van der Waals surface area (Å²) in [4.78, 5) is 29.8. The first kappa shape index (κ1) is 26.2. The van der Waals surface area contributed by atoms with Crippen LogP contribution in [0.5, 0.6) is 5.75 Å². The average molecular weight is 681 g/mol. The molecule has 0 spiro atoms. The zero-order valence-electron chi connectivity index (χ0n) is 18.8. The van der Waals surface area contributed by atoms with Gasteiger partial charge in [0.1, 0.15) is 17.4 Å². The van der Waals surface area contributed by atoms with E-state index in [9.17, 15) is 14.0 Å². The van der Waals surface area contributed by atoms with Gasteiger partial charge < -0.3 is 10.1 Å². The Morgan fingerprint density at radius 3 is 2.56 bits per heavy atom. The molecule has 0 unspecified atom stereocenters. The predicted octanol–water partition coefficient (Wildman–Crippen LogP) is 6.29. The summed E-state index contributed by atoms with van der Waals surface area (Å²) in [6, 6.07) is 14.7. The molecule has 0 aliphatic heterocycles. The average Bonchev–Trinajstić information content (AvgIpc) is 2.84. The molecule has 11 heteroatoms. The maximum Gasteiger partial charge on any atom is 0.282 e. The van der Waals surface area contributed by atoms with E-state index in [1.165, 1.54) is 29.1 Å². The van der Waals surface area contributed by atoms with Crippen molar-refractivity contribution in [3.8, 4) is 5.75 Å². The number of para-hydroxylation sites is 1. The van der Waals surface area contributed by atoms with Gasteiger partial charge in [0, 0.05) is 10.9 Å². The minimum absolute atomic E-state index is 0.0769. The maximum absolute atomic E-state index is 13.7. The van der Waals surface area contributed by atoms with Gasteiger partial charge in [-0.2, -0.15) is 9.78 Å². The van der Waals surface area contributed by atoms with Crippen molar-refractivity contribution >= 4 is 76.5 Å². The smallest absolute Gasteiger partial charge is 0.282 e. The number of hydrogen-bond donors (Lipinski definition) is 1. The van der Waals surface area contributed by atoms with Crippen molar-refractivity contribution in [3.63, 3.8) is 0 Å². The highest BCUT2D eigenvalue weighted by atomic mass is 79.9. The summed E-state index contributed by atoms with van der Waals surface area (Å²) in [5.74, 6) is -0.118. The van der Waals surface area contributed by atoms with Crippen molar-refractivity contribution in [1.82, 2.24) is 9.66 Å². The normalized spacial score (nSPS) is 11.2. The van der Waals surface area contributed by atoms with Crippen molar-refractivity contribution in [2.24, 2.45) is 5.10 Å². The Labute approximate surface area is 230 Å². The molecule has 0 radical (unpaired) electrons. The Morgan fingerprint density at radius 2 is 1.86 bits per heavy atom. The number of carbonyl (C=O) groups excluding carboxylic acids is 1. The van der Waals surface area contributed by atoms with Gasteiger partial charge in [-0.05, 0) is 79.9 Å². The number of halogens is 4. The van der Waals surface area contributed by atoms with E-state index >= 15 is 0 Å². The molecular formula is C25H18Br3FN4O3. The first-order valence-electron chi connectivity index (χ1n) is 10.7. The largest absolute Gasteiger partial charge is 0.481 e. The number of amides is 1. The number of aromatic nitrogens is 2.